The number of halogens is 2. The maximum absolute atomic E-state index is 13.6. The lowest BCUT2D eigenvalue weighted by molar-refractivity contribution is -0.145. The summed E-state index contributed by atoms with van der Waals surface area (Å²) in [6.07, 6.45) is 0. The molecule has 3 rings (SSSR count). The summed E-state index contributed by atoms with van der Waals surface area (Å²) in [7, 11) is 2.20. The summed E-state index contributed by atoms with van der Waals surface area (Å²) in [6, 6.07) is 4.25. The minimum Gasteiger partial charge on any atom is -0.480 e. The van der Waals surface area contributed by atoms with Gasteiger partial charge in [0.1, 0.15) is 11.6 Å². The topological polar surface area (TPSA) is 98.7 Å². The third-order valence-electron chi connectivity index (χ3n) is 3.60. The lowest BCUT2D eigenvalue weighted by Gasteiger charge is -2.27. The van der Waals surface area contributed by atoms with E-state index in [1.54, 1.807) is 0 Å². The zero-order valence-electron chi connectivity index (χ0n) is 12.9. The van der Waals surface area contributed by atoms with E-state index in [9.17, 15) is 28.6 Å². The maximum Gasteiger partial charge on any atom is 0.328 e. The van der Waals surface area contributed by atoms with Crippen LogP contribution < -0.4 is 10.6 Å². The van der Waals surface area contributed by atoms with Crippen LogP contribution in [-0.4, -0.2) is 34.2 Å². The molecule has 6 nitrogen and oxygen atoms in total. The molecule has 0 aliphatic carbocycles. The number of carbonyl (C=O) groups is 2. The Bertz CT molecular complexity index is 810. The zero-order valence-corrected chi connectivity index (χ0v) is 14.5. The second-order valence-electron chi connectivity index (χ2n) is 5.37. The number of aliphatic carboxylic acids is 2. The van der Waals surface area contributed by atoms with E-state index in [1.165, 1.54) is 24.3 Å². The van der Waals surface area contributed by atoms with Crippen molar-refractivity contribution < 1.29 is 28.6 Å². The van der Waals surface area contributed by atoms with Gasteiger partial charge in [0.05, 0.1) is 0 Å². The zero-order chi connectivity index (χ0) is 18.8. The Hall–Kier alpha value is -2.46. The average molecular weight is 398 g/mol. The normalized spacial score (nSPS) is 19.3. The minimum absolute atomic E-state index is 0.268. The van der Waals surface area contributed by atoms with Gasteiger partial charge in [-0.05, 0) is 36.4 Å². The molecule has 0 fully saturated rings. The van der Waals surface area contributed by atoms with Crippen molar-refractivity contribution in [1.82, 2.24) is 0 Å². The van der Waals surface area contributed by atoms with Crippen LogP contribution in [0.5, 0.6) is 0 Å². The van der Waals surface area contributed by atoms with Crippen LogP contribution in [0.15, 0.2) is 46.2 Å². The predicted octanol–water partition coefficient (Wildman–Crippen LogP) is 3.51. The number of nitrogens with one attached hydrogen (secondary N) is 2. The average Bonchev–Trinajstić information content (AvgIpc) is 2.58. The van der Waals surface area contributed by atoms with Gasteiger partial charge in [-0.15, -0.1) is 0 Å². The molecular weight excluding hydrogens is 386 g/mol. The number of hydrogen-bond donors (Lipinski definition) is 4. The van der Waals surface area contributed by atoms with Crippen molar-refractivity contribution in [3.8, 4) is 0 Å². The number of hydrogen-bond acceptors (Lipinski definition) is 6. The van der Waals surface area contributed by atoms with Crippen molar-refractivity contribution in [1.29, 1.82) is 0 Å². The highest BCUT2D eigenvalue weighted by molar-refractivity contribution is 8.76. The highest BCUT2D eigenvalue weighted by Gasteiger charge is 2.35. The van der Waals surface area contributed by atoms with Gasteiger partial charge in [0, 0.05) is 21.2 Å². The van der Waals surface area contributed by atoms with Crippen molar-refractivity contribution in [2.24, 2.45) is 0 Å². The molecule has 0 saturated carbocycles. The first-order chi connectivity index (χ1) is 12.3. The molecule has 1 heterocycles. The summed E-state index contributed by atoms with van der Waals surface area (Å²) in [5, 5.41) is 24.3. The molecule has 0 amide bonds. The first kappa shape index (κ1) is 18.3. The second kappa shape index (κ2) is 7.42. The lowest BCUT2D eigenvalue weighted by Crippen LogP contribution is -2.50. The van der Waals surface area contributed by atoms with E-state index in [0.29, 0.717) is 9.79 Å². The predicted molar refractivity (Wildman–Crippen MR) is 94.6 cm³/mol. The van der Waals surface area contributed by atoms with Gasteiger partial charge in [-0.2, -0.15) is 0 Å². The van der Waals surface area contributed by atoms with E-state index in [0.717, 1.165) is 33.7 Å². The first-order valence-corrected chi connectivity index (χ1v) is 9.42. The quantitative estimate of drug-likeness (QED) is 0.571. The molecule has 10 heteroatoms. The van der Waals surface area contributed by atoms with E-state index in [-0.39, 0.29) is 11.4 Å². The first-order valence-electron chi connectivity index (χ1n) is 7.27. The summed E-state index contributed by atoms with van der Waals surface area (Å²) in [5.74, 6) is -3.87. The standard InChI is InChI=1S/C16H12F2N2O4S2/c17-7-1-3-9-11(5-7)25-26-12-6-8(18)2-4-10(12)20-14(16(23)24)13(19-9)15(21)22/h1-6,13-14,19-20H,(H,21,22)(H,23,24). The highest BCUT2D eigenvalue weighted by Crippen LogP contribution is 2.45. The fraction of sp³-hybridized carbons (Fsp3) is 0.125. The van der Waals surface area contributed by atoms with Crippen molar-refractivity contribution in [2.45, 2.75) is 21.9 Å². The van der Waals surface area contributed by atoms with Crippen LogP contribution in [0.3, 0.4) is 0 Å². The van der Waals surface area contributed by atoms with E-state index in [4.69, 9.17) is 0 Å². The van der Waals surface area contributed by atoms with Gasteiger partial charge >= 0.3 is 11.9 Å². The lowest BCUT2D eigenvalue weighted by atomic mass is 10.1. The molecule has 0 radical (unpaired) electrons. The van der Waals surface area contributed by atoms with Gasteiger partial charge in [-0.1, -0.05) is 21.6 Å². The molecule has 0 bridgehead atoms. The SMILES string of the molecule is O=C(O)C1Nc2ccc(F)cc2SSc2cc(F)ccc2NC1C(=O)O. The summed E-state index contributed by atoms with van der Waals surface area (Å²) in [6.45, 7) is 0. The van der Waals surface area contributed by atoms with Crippen LogP contribution in [0.1, 0.15) is 0 Å². The van der Waals surface area contributed by atoms with Crippen LogP contribution in [0, 0.1) is 11.6 Å². The van der Waals surface area contributed by atoms with Gasteiger partial charge in [0.2, 0.25) is 0 Å². The van der Waals surface area contributed by atoms with Gasteiger partial charge in [-0.3, -0.25) is 0 Å². The molecule has 1 aliphatic rings. The number of carboxylic acid groups (broad SMARTS) is 2. The van der Waals surface area contributed by atoms with Gasteiger partial charge in [0.15, 0.2) is 12.1 Å². The third kappa shape index (κ3) is 3.86. The van der Waals surface area contributed by atoms with Crippen molar-refractivity contribution >= 4 is 44.9 Å². The van der Waals surface area contributed by atoms with Gasteiger partial charge < -0.3 is 20.8 Å². The van der Waals surface area contributed by atoms with E-state index >= 15 is 0 Å². The third-order valence-corrected chi connectivity index (χ3v) is 6.04. The molecule has 2 atom stereocenters. The van der Waals surface area contributed by atoms with Crippen LogP contribution in [0.2, 0.25) is 0 Å². The Morgan fingerprint density at radius 2 is 1.19 bits per heavy atom. The Morgan fingerprint density at radius 1 is 0.808 bits per heavy atom. The second-order valence-corrected chi connectivity index (χ2v) is 7.58. The highest BCUT2D eigenvalue weighted by atomic mass is 33.1. The van der Waals surface area contributed by atoms with E-state index < -0.39 is 35.7 Å². The fourth-order valence-corrected chi connectivity index (χ4v) is 4.67. The molecule has 0 aromatic heterocycles. The summed E-state index contributed by atoms with van der Waals surface area (Å²) >= 11 is 0. The van der Waals surface area contributed by atoms with Crippen LogP contribution >= 0.6 is 21.6 Å². The van der Waals surface area contributed by atoms with Crippen molar-refractivity contribution in [3.63, 3.8) is 0 Å². The molecule has 0 saturated heterocycles. The molecule has 4 N–H and O–H groups in total. The minimum atomic E-state index is -1.54. The summed E-state index contributed by atoms with van der Waals surface area (Å²) in [5.41, 5.74) is 0.536. The fourth-order valence-electron chi connectivity index (χ4n) is 2.37. The Morgan fingerprint density at radius 3 is 1.54 bits per heavy atom. The molecule has 136 valence electrons. The summed E-state index contributed by atoms with van der Waals surface area (Å²) < 4.78 is 27.2. The van der Waals surface area contributed by atoms with Crippen molar-refractivity contribution in [2.75, 3.05) is 10.6 Å². The molecule has 2 aromatic rings. The van der Waals surface area contributed by atoms with E-state index in [1.807, 2.05) is 0 Å². The van der Waals surface area contributed by atoms with Crippen LogP contribution in [0.25, 0.3) is 0 Å². The number of benzene rings is 2. The smallest absolute Gasteiger partial charge is 0.328 e. The number of anilines is 2. The maximum atomic E-state index is 13.6. The van der Waals surface area contributed by atoms with Crippen LogP contribution in [0.4, 0.5) is 20.2 Å². The molecule has 26 heavy (non-hydrogen) atoms. The van der Waals surface area contributed by atoms with Crippen LogP contribution in [-0.2, 0) is 9.59 Å². The van der Waals surface area contributed by atoms with E-state index in [2.05, 4.69) is 10.6 Å². The number of fused-ring (bicyclic) bond motifs is 2. The number of rotatable bonds is 2. The molecule has 2 aromatic carbocycles. The monoisotopic (exact) mass is 398 g/mol. The molecule has 1 aliphatic heterocycles. The van der Waals surface area contributed by atoms with Gasteiger partial charge in [0.25, 0.3) is 0 Å². The Labute approximate surface area is 154 Å². The number of carboxylic acids is 2. The Balaban J connectivity index is 2.14. The summed E-state index contributed by atoms with van der Waals surface area (Å²) in [4.78, 5) is 24.1. The largest absolute Gasteiger partial charge is 0.480 e. The van der Waals surface area contributed by atoms with Gasteiger partial charge in [-0.25, -0.2) is 18.4 Å². The molecular formula is C16H12F2N2O4S2. The molecule has 2 unspecified atom stereocenters. The molecule has 0 spiro atoms. The Kier molecular flexibility index (Phi) is 5.23. The van der Waals surface area contributed by atoms with Crippen molar-refractivity contribution in [3.05, 3.63) is 48.0 Å².